The first-order chi connectivity index (χ1) is 17.0. The molecule has 4 heterocycles. The van der Waals surface area contributed by atoms with E-state index in [4.69, 9.17) is 4.98 Å². The van der Waals surface area contributed by atoms with Crippen molar-refractivity contribution >= 4 is 28.7 Å². The summed E-state index contributed by atoms with van der Waals surface area (Å²) in [5, 5.41) is 17.0. The number of nitrogens with one attached hydrogen (secondary N) is 1. The van der Waals surface area contributed by atoms with Crippen LogP contribution in [0, 0.1) is 0 Å². The van der Waals surface area contributed by atoms with Gasteiger partial charge in [-0.3, -0.25) is 19.4 Å². The summed E-state index contributed by atoms with van der Waals surface area (Å²) in [5.74, 6) is 0.632. The highest BCUT2D eigenvalue weighted by Crippen LogP contribution is 2.36. The number of imidazole rings is 1. The Kier molecular flexibility index (Phi) is 6.17. The van der Waals surface area contributed by atoms with E-state index in [1.54, 1.807) is 18.6 Å². The molecule has 2 amide bonds. The first-order valence-corrected chi connectivity index (χ1v) is 11.7. The van der Waals surface area contributed by atoms with Gasteiger partial charge in [-0.2, -0.15) is 5.10 Å². The van der Waals surface area contributed by atoms with Gasteiger partial charge in [0.25, 0.3) is 0 Å². The summed E-state index contributed by atoms with van der Waals surface area (Å²) in [6.45, 7) is 3.04. The third-order valence-corrected chi connectivity index (χ3v) is 6.44. The van der Waals surface area contributed by atoms with E-state index in [2.05, 4.69) is 15.4 Å². The summed E-state index contributed by atoms with van der Waals surface area (Å²) >= 11 is 0. The number of carbonyl (C=O) groups excluding carboxylic acids is 1. The molecule has 10 nitrogen and oxygen atoms in total. The van der Waals surface area contributed by atoms with E-state index >= 15 is 0 Å². The number of pyridine rings is 1. The topological polar surface area (TPSA) is 118 Å². The second-order valence-electron chi connectivity index (χ2n) is 8.74. The maximum Gasteiger partial charge on any atom is 0.412 e. The van der Waals surface area contributed by atoms with E-state index in [0.717, 1.165) is 40.8 Å². The third kappa shape index (κ3) is 4.59. The first kappa shape index (κ1) is 22.6. The van der Waals surface area contributed by atoms with E-state index < -0.39 is 6.09 Å². The van der Waals surface area contributed by atoms with Gasteiger partial charge in [-0.25, -0.2) is 9.78 Å². The fourth-order valence-electron chi connectivity index (χ4n) is 4.69. The van der Waals surface area contributed by atoms with Gasteiger partial charge in [0.05, 0.1) is 16.7 Å². The quantitative estimate of drug-likeness (QED) is 0.426. The molecule has 5 rings (SSSR count). The number of nitrogens with zero attached hydrogens (tertiary/aromatic N) is 6. The van der Waals surface area contributed by atoms with Crippen molar-refractivity contribution in [3.05, 3.63) is 72.1 Å². The summed E-state index contributed by atoms with van der Waals surface area (Å²) in [6, 6.07) is 9.23. The van der Waals surface area contributed by atoms with Crippen LogP contribution < -0.4 is 10.2 Å². The molecular weight excluding hydrogens is 446 g/mol. The fourth-order valence-corrected chi connectivity index (χ4v) is 4.69. The monoisotopic (exact) mass is 473 g/mol. The van der Waals surface area contributed by atoms with Crippen molar-refractivity contribution in [3.8, 4) is 0 Å². The minimum atomic E-state index is -0.967. The van der Waals surface area contributed by atoms with Crippen LogP contribution in [0.4, 0.5) is 10.5 Å². The Bertz CT molecular complexity index is 1350. The van der Waals surface area contributed by atoms with Gasteiger partial charge in [0.15, 0.2) is 0 Å². The summed E-state index contributed by atoms with van der Waals surface area (Å²) in [6.07, 6.45) is 8.12. The van der Waals surface area contributed by atoms with Crippen LogP contribution in [-0.2, 0) is 37.3 Å². The zero-order valence-corrected chi connectivity index (χ0v) is 19.5. The molecular formula is C25H27N7O3. The number of aryl methyl sites for hydroxylation is 3. The molecule has 0 aliphatic carbocycles. The third-order valence-electron chi connectivity index (χ3n) is 6.44. The minimum Gasteiger partial charge on any atom is -0.465 e. The number of aromatic nitrogens is 5. The predicted octanol–water partition coefficient (Wildman–Crippen LogP) is 3.01. The lowest BCUT2D eigenvalue weighted by Gasteiger charge is -2.33. The Morgan fingerprint density at radius 2 is 2.09 bits per heavy atom. The highest BCUT2D eigenvalue weighted by Gasteiger charge is 2.30. The maximum absolute atomic E-state index is 12.9. The Labute approximate surface area is 202 Å². The average molecular weight is 474 g/mol. The van der Waals surface area contributed by atoms with Crippen LogP contribution in [0.2, 0.25) is 0 Å². The van der Waals surface area contributed by atoms with Crippen LogP contribution in [0.5, 0.6) is 0 Å². The lowest BCUT2D eigenvalue weighted by atomic mass is 9.96. The number of rotatable bonds is 7. The van der Waals surface area contributed by atoms with E-state index in [9.17, 15) is 14.7 Å². The van der Waals surface area contributed by atoms with Gasteiger partial charge >= 0.3 is 6.09 Å². The molecule has 1 atom stereocenters. The zero-order chi connectivity index (χ0) is 24.4. The molecule has 0 saturated carbocycles. The van der Waals surface area contributed by atoms with E-state index in [1.807, 2.05) is 52.7 Å². The second kappa shape index (κ2) is 9.57. The molecule has 35 heavy (non-hydrogen) atoms. The van der Waals surface area contributed by atoms with Crippen molar-refractivity contribution in [3.63, 3.8) is 0 Å². The largest absolute Gasteiger partial charge is 0.465 e. The molecule has 1 aliphatic rings. The number of hydrogen-bond acceptors (Lipinski definition) is 5. The Balaban J connectivity index is 1.48. The van der Waals surface area contributed by atoms with E-state index in [1.165, 1.54) is 4.90 Å². The van der Waals surface area contributed by atoms with Crippen LogP contribution in [0.15, 0.2) is 55.1 Å². The van der Waals surface area contributed by atoms with Gasteiger partial charge in [-0.15, -0.1) is 0 Å². The second-order valence-corrected chi connectivity index (χ2v) is 8.74. The molecule has 0 unspecified atom stereocenters. The molecule has 0 radical (unpaired) electrons. The van der Waals surface area contributed by atoms with Crippen LogP contribution >= 0.6 is 0 Å². The standard InChI is InChI=1S/C25H27N7O3/c1-17-5-6-19-20(32(17)25(34)35)7-8-21-24(19)29-22(9-13-30-12-3-11-28-30)31(21)16-23(33)27-15-18-4-2-10-26-14-18/h2-4,7-8,10-12,14,17H,5-6,9,13,15-16H2,1H3,(H,27,33)(H,34,35)/t17-/m0/s1. The molecule has 180 valence electrons. The van der Waals surface area contributed by atoms with Crippen LogP contribution in [0.3, 0.4) is 0 Å². The summed E-state index contributed by atoms with van der Waals surface area (Å²) in [5.41, 5.74) is 4.10. The average Bonchev–Trinajstić information content (AvgIpc) is 3.49. The van der Waals surface area contributed by atoms with Crippen LogP contribution in [0.25, 0.3) is 11.0 Å². The van der Waals surface area contributed by atoms with Crippen LogP contribution in [0.1, 0.15) is 30.3 Å². The Morgan fingerprint density at radius 3 is 2.83 bits per heavy atom. The molecule has 3 aromatic heterocycles. The van der Waals surface area contributed by atoms with Crippen molar-refractivity contribution in [1.82, 2.24) is 29.6 Å². The fraction of sp³-hybridized carbons (Fsp3) is 0.320. The highest BCUT2D eigenvalue weighted by molar-refractivity contribution is 5.95. The van der Waals surface area contributed by atoms with E-state index in [0.29, 0.717) is 25.2 Å². The van der Waals surface area contributed by atoms with Gasteiger partial charge < -0.3 is 15.0 Å². The van der Waals surface area contributed by atoms with Gasteiger partial charge in [0.1, 0.15) is 12.4 Å². The molecule has 0 spiro atoms. The molecule has 1 aromatic carbocycles. The molecule has 4 aromatic rings. The lowest BCUT2D eigenvalue weighted by molar-refractivity contribution is -0.121. The lowest BCUT2D eigenvalue weighted by Crippen LogP contribution is -2.41. The normalized spacial score (nSPS) is 15.2. The summed E-state index contributed by atoms with van der Waals surface area (Å²) in [4.78, 5) is 35.3. The van der Waals surface area contributed by atoms with Crippen molar-refractivity contribution < 1.29 is 14.7 Å². The van der Waals surface area contributed by atoms with E-state index in [-0.39, 0.29) is 18.5 Å². The molecule has 0 saturated heterocycles. The maximum atomic E-state index is 12.9. The Hall–Kier alpha value is -4.21. The minimum absolute atomic E-state index is 0.0999. The molecule has 0 fully saturated rings. The molecule has 0 bridgehead atoms. The predicted molar refractivity (Wildman–Crippen MR) is 130 cm³/mol. The summed E-state index contributed by atoms with van der Waals surface area (Å²) < 4.78 is 3.76. The number of benzene rings is 1. The first-order valence-electron chi connectivity index (χ1n) is 11.7. The highest BCUT2D eigenvalue weighted by atomic mass is 16.4. The number of carboxylic acid groups (broad SMARTS) is 1. The Morgan fingerprint density at radius 1 is 1.20 bits per heavy atom. The van der Waals surface area contributed by atoms with Crippen molar-refractivity contribution in [2.75, 3.05) is 4.90 Å². The van der Waals surface area contributed by atoms with Gasteiger partial charge in [-0.05, 0) is 49.6 Å². The molecule has 2 N–H and O–H groups in total. The van der Waals surface area contributed by atoms with Crippen molar-refractivity contribution in [2.45, 2.75) is 51.9 Å². The summed E-state index contributed by atoms with van der Waals surface area (Å²) in [7, 11) is 0. The number of carbonyl (C=O) groups is 2. The smallest absolute Gasteiger partial charge is 0.412 e. The molecule has 1 aliphatic heterocycles. The number of hydrogen-bond donors (Lipinski definition) is 2. The number of anilines is 1. The van der Waals surface area contributed by atoms with Gasteiger partial charge in [0.2, 0.25) is 5.91 Å². The van der Waals surface area contributed by atoms with Crippen LogP contribution in [-0.4, -0.2) is 47.5 Å². The molecule has 10 heteroatoms. The SMILES string of the molecule is C[C@H]1CCc2c(ccc3c2nc(CCn2cccn2)n3CC(=O)NCc2cccnc2)N1C(=O)O. The number of fused-ring (bicyclic) bond motifs is 3. The van der Waals surface area contributed by atoms with Gasteiger partial charge in [-0.1, -0.05) is 6.07 Å². The number of amides is 2. The van der Waals surface area contributed by atoms with Crippen molar-refractivity contribution in [2.24, 2.45) is 0 Å². The van der Waals surface area contributed by atoms with Gasteiger partial charge in [0, 0.05) is 55.9 Å². The van der Waals surface area contributed by atoms with Crippen molar-refractivity contribution in [1.29, 1.82) is 0 Å². The zero-order valence-electron chi connectivity index (χ0n) is 19.5.